The molecule has 0 aliphatic heterocycles. The summed E-state index contributed by atoms with van der Waals surface area (Å²) < 4.78 is 0. The van der Waals surface area contributed by atoms with Crippen molar-refractivity contribution in [1.82, 2.24) is 9.97 Å². The van der Waals surface area contributed by atoms with Crippen molar-refractivity contribution in [2.24, 2.45) is 0 Å². The first-order valence-corrected chi connectivity index (χ1v) is 11.1. The van der Waals surface area contributed by atoms with Crippen LogP contribution in [0.25, 0.3) is 33.2 Å². The fourth-order valence-electron chi connectivity index (χ4n) is 4.52. The van der Waals surface area contributed by atoms with Crippen molar-refractivity contribution in [2.75, 3.05) is 0 Å². The molecule has 0 unspecified atom stereocenters. The molecule has 0 amide bonds. The van der Waals surface area contributed by atoms with Crippen LogP contribution in [0.15, 0.2) is 97.3 Å². The summed E-state index contributed by atoms with van der Waals surface area (Å²) in [5.41, 5.74) is 7.62. The molecule has 3 aromatic carbocycles. The van der Waals surface area contributed by atoms with Crippen LogP contribution in [0.3, 0.4) is 0 Å². The second kappa shape index (κ2) is 9.91. The largest absolute Gasteiger partial charge is 0.567 e. The topological polar surface area (TPSA) is 65.8 Å². The van der Waals surface area contributed by atoms with Gasteiger partial charge in [0.1, 0.15) is 0 Å². The molecule has 1 aliphatic carbocycles. The minimum absolute atomic E-state index is 0. The summed E-state index contributed by atoms with van der Waals surface area (Å²) in [6.45, 7) is 4.60. The first kappa shape index (κ1) is 24.5. The van der Waals surface area contributed by atoms with Gasteiger partial charge in [-0.25, -0.2) is 4.98 Å². The van der Waals surface area contributed by atoms with E-state index in [1.807, 2.05) is 12.3 Å². The third-order valence-corrected chi connectivity index (χ3v) is 6.32. The molecule has 5 heteroatoms. The molecule has 1 aliphatic rings. The number of rotatable bonds is 2. The molecule has 2 N–H and O–H groups in total. The molecular formula is C30H24IrN2O2. The van der Waals surface area contributed by atoms with Crippen molar-refractivity contribution in [3.8, 4) is 22.4 Å². The Morgan fingerprint density at radius 2 is 1.54 bits per heavy atom. The van der Waals surface area contributed by atoms with Crippen LogP contribution in [0.5, 0.6) is 0 Å². The van der Waals surface area contributed by atoms with Crippen molar-refractivity contribution in [3.63, 3.8) is 0 Å². The minimum atomic E-state index is -0.740. The van der Waals surface area contributed by atoms with Gasteiger partial charge in [-0.2, -0.15) is 0 Å². The zero-order valence-corrected chi connectivity index (χ0v) is 21.8. The predicted molar refractivity (Wildman–Crippen MR) is 136 cm³/mol. The number of aromatic nitrogens is 2. The van der Waals surface area contributed by atoms with E-state index in [-0.39, 0.29) is 31.2 Å². The van der Waals surface area contributed by atoms with Crippen LogP contribution in [0.4, 0.5) is 0 Å². The summed E-state index contributed by atoms with van der Waals surface area (Å²) >= 11 is 0. The summed E-state index contributed by atoms with van der Waals surface area (Å²) in [5.74, 6) is -0.740. The van der Waals surface area contributed by atoms with E-state index in [0.29, 0.717) is 0 Å². The van der Waals surface area contributed by atoms with Crippen molar-refractivity contribution >= 4 is 16.7 Å². The van der Waals surface area contributed by atoms with Gasteiger partial charge in [-0.1, -0.05) is 85.6 Å². The van der Waals surface area contributed by atoms with Crippen LogP contribution >= 0.6 is 0 Å². The van der Waals surface area contributed by atoms with Crippen molar-refractivity contribution < 1.29 is 30.0 Å². The molecule has 0 saturated carbocycles. The summed E-state index contributed by atoms with van der Waals surface area (Å²) in [7, 11) is 0. The molecule has 0 atom stereocenters. The van der Waals surface area contributed by atoms with Gasteiger partial charge in [-0.15, -0.1) is 29.3 Å². The van der Waals surface area contributed by atoms with E-state index in [2.05, 4.69) is 90.5 Å². The smallest absolute Gasteiger partial charge is 0.560 e. The van der Waals surface area contributed by atoms with Gasteiger partial charge in [-0.05, 0) is 39.6 Å². The Morgan fingerprint density at radius 1 is 0.829 bits per heavy atom. The standard InChI is InChI=1S/C24H18N.C6H5NO2.Ir/c1-24(2)21-10-6-5-9-19(21)20-12-11-17(13-22(20)24)23-14-16-7-3-4-8-18(16)15-25-23;8-6(9)5-3-1-2-4-7-5;/h3-10,12-15H,1-2H3;1-4H,(H,8,9);/q-1;;/p+1. The summed E-state index contributed by atoms with van der Waals surface area (Å²) in [5, 5.41) is 9.00. The summed E-state index contributed by atoms with van der Waals surface area (Å²) in [6, 6.07) is 31.9. The Kier molecular flexibility index (Phi) is 6.93. The van der Waals surface area contributed by atoms with E-state index >= 15 is 0 Å². The number of nitrogens with zero attached hydrogens (tertiary/aromatic N) is 2. The van der Waals surface area contributed by atoms with E-state index < -0.39 is 5.97 Å². The van der Waals surface area contributed by atoms with Crippen molar-refractivity contribution in [1.29, 1.82) is 0 Å². The fourth-order valence-corrected chi connectivity index (χ4v) is 4.52. The molecule has 35 heavy (non-hydrogen) atoms. The van der Waals surface area contributed by atoms with E-state index in [4.69, 9.17) is 5.11 Å². The Bertz CT molecular complexity index is 1510. The maximum atomic E-state index is 10.2. The van der Waals surface area contributed by atoms with Crippen molar-refractivity contribution in [3.05, 3.63) is 120 Å². The number of fused-ring (bicyclic) bond motifs is 4. The zero-order chi connectivity index (χ0) is 23.7. The maximum Gasteiger partial charge on any atom is 0.567 e. The van der Waals surface area contributed by atoms with Crippen molar-refractivity contribution in [2.45, 2.75) is 19.3 Å². The SMILES string of the molecule is CC1(C)c2ccccc2-c2c[c-]c(-c3cc4ccccc4cn3)cc21.O=C([OH2+])c1ccccn1.[Ir]. The molecular weight excluding hydrogens is 613 g/mol. The first-order chi connectivity index (χ1) is 16.4. The molecule has 0 bridgehead atoms. The summed E-state index contributed by atoms with van der Waals surface area (Å²) in [4.78, 5) is 18.6. The average Bonchev–Trinajstić information content (AvgIpc) is 3.11. The van der Waals surface area contributed by atoms with Gasteiger partial charge < -0.3 is 10.1 Å². The number of benzene rings is 3. The van der Waals surface area contributed by atoms with Crippen LogP contribution in [-0.4, -0.2) is 21.0 Å². The molecule has 1 radical (unpaired) electrons. The van der Waals surface area contributed by atoms with Gasteiger partial charge in [0.2, 0.25) is 5.69 Å². The Labute approximate surface area is 218 Å². The number of hydrogen-bond donors (Lipinski definition) is 0. The van der Waals surface area contributed by atoms with Crippen LogP contribution in [0, 0.1) is 6.07 Å². The average molecular weight is 637 g/mol. The molecule has 0 spiro atoms. The van der Waals surface area contributed by atoms with Crippen LogP contribution in [-0.2, 0) is 25.5 Å². The maximum absolute atomic E-state index is 10.2. The molecule has 2 aromatic heterocycles. The molecule has 2 heterocycles. The molecule has 5 aromatic rings. The van der Waals surface area contributed by atoms with Crippen LogP contribution < -0.4 is 0 Å². The number of hydrogen-bond acceptors (Lipinski definition) is 3. The molecule has 6 rings (SSSR count). The monoisotopic (exact) mass is 637 g/mol. The number of pyridine rings is 2. The van der Waals surface area contributed by atoms with E-state index in [1.165, 1.54) is 45.3 Å². The van der Waals surface area contributed by atoms with E-state index in [0.717, 1.165) is 11.3 Å². The number of carbonyl (C=O) groups is 1. The van der Waals surface area contributed by atoms with Crippen LogP contribution in [0.2, 0.25) is 0 Å². The molecule has 175 valence electrons. The van der Waals surface area contributed by atoms with Gasteiger partial charge in [0.25, 0.3) is 0 Å². The van der Waals surface area contributed by atoms with Gasteiger partial charge >= 0.3 is 5.97 Å². The van der Waals surface area contributed by atoms with Gasteiger partial charge in [0, 0.05) is 37.3 Å². The normalized spacial score (nSPS) is 12.5. The van der Waals surface area contributed by atoms with Gasteiger partial charge in [-0.3, -0.25) is 0 Å². The predicted octanol–water partition coefficient (Wildman–Crippen LogP) is 5.95. The second-order valence-electron chi connectivity index (χ2n) is 8.81. The Hall–Kier alpha value is -3.66. The van der Waals surface area contributed by atoms with E-state index in [9.17, 15) is 4.79 Å². The first-order valence-electron chi connectivity index (χ1n) is 11.1. The van der Waals surface area contributed by atoms with E-state index in [1.54, 1.807) is 12.1 Å². The third-order valence-electron chi connectivity index (χ3n) is 6.32. The van der Waals surface area contributed by atoms with Crippen LogP contribution in [0.1, 0.15) is 35.5 Å². The number of carbonyl (C=O) groups excluding carboxylic acids is 1. The third kappa shape index (κ3) is 4.66. The molecule has 0 saturated heterocycles. The molecule has 0 fully saturated rings. The summed E-state index contributed by atoms with van der Waals surface area (Å²) in [6.07, 6.45) is 3.44. The van der Waals surface area contributed by atoms with Gasteiger partial charge in [0.05, 0.1) is 0 Å². The van der Waals surface area contributed by atoms with Gasteiger partial charge in [0.15, 0.2) is 0 Å². The quantitative estimate of drug-likeness (QED) is 0.178. The Balaban J connectivity index is 0.000000247. The second-order valence-corrected chi connectivity index (χ2v) is 8.81. The Morgan fingerprint density at radius 3 is 2.26 bits per heavy atom. The minimum Gasteiger partial charge on any atom is -0.560 e. The zero-order valence-electron chi connectivity index (χ0n) is 19.4. The molecule has 4 nitrogen and oxygen atoms in total. The fraction of sp³-hybridized carbons (Fsp3) is 0.100.